The average molecular weight is 351 g/mol. The van der Waals surface area contributed by atoms with Crippen LogP contribution in [0.25, 0.3) is 10.9 Å². The molecule has 1 aromatic carbocycles. The Bertz CT molecular complexity index is 880. The van der Waals surface area contributed by atoms with Gasteiger partial charge >= 0.3 is 0 Å². The summed E-state index contributed by atoms with van der Waals surface area (Å²) < 4.78 is 31.8. The monoisotopic (exact) mass is 351 g/mol. The van der Waals surface area contributed by atoms with E-state index in [9.17, 15) is 13.2 Å². The zero-order valence-electron chi connectivity index (χ0n) is 14.0. The number of carbonyl (C=O) groups excluding carboxylic acids is 1. The Kier molecular flexibility index (Phi) is 4.27. The number of piperazine rings is 1. The van der Waals surface area contributed by atoms with Crippen LogP contribution < -0.4 is 4.74 Å². The van der Waals surface area contributed by atoms with Crippen molar-refractivity contribution in [1.82, 2.24) is 13.8 Å². The second kappa shape index (κ2) is 6.10. The van der Waals surface area contributed by atoms with E-state index in [4.69, 9.17) is 4.74 Å². The Hall–Kier alpha value is -2.06. The van der Waals surface area contributed by atoms with E-state index in [2.05, 4.69) is 0 Å². The molecule has 3 rings (SSSR count). The fourth-order valence-electron chi connectivity index (χ4n) is 3.10. The molecule has 130 valence electrons. The van der Waals surface area contributed by atoms with Crippen LogP contribution in [0.1, 0.15) is 10.5 Å². The van der Waals surface area contributed by atoms with Gasteiger partial charge in [-0.15, -0.1) is 0 Å². The molecule has 2 heterocycles. The molecule has 0 N–H and O–H groups in total. The predicted molar refractivity (Wildman–Crippen MR) is 91.8 cm³/mol. The SMILES string of the molecule is COc1cccc2c1cc(C(=O)N1CCN(S(C)(=O)=O)CC1)n2C. The maximum Gasteiger partial charge on any atom is 0.270 e. The molecular formula is C16H21N3O4S. The van der Waals surface area contributed by atoms with E-state index in [1.54, 1.807) is 12.0 Å². The lowest BCUT2D eigenvalue weighted by Gasteiger charge is -2.33. The maximum atomic E-state index is 12.8. The highest BCUT2D eigenvalue weighted by Crippen LogP contribution is 2.28. The van der Waals surface area contributed by atoms with Gasteiger partial charge in [-0.2, -0.15) is 4.31 Å². The van der Waals surface area contributed by atoms with E-state index >= 15 is 0 Å². The number of fused-ring (bicyclic) bond motifs is 1. The first-order valence-corrected chi connectivity index (χ1v) is 9.54. The molecular weight excluding hydrogens is 330 g/mol. The first kappa shape index (κ1) is 16.8. The minimum absolute atomic E-state index is 0.0936. The lowest BCUT2D eigenvalue weighted by Crippen LogP contribution is -2.50. The summed E-state index contributed by atoms with van der Waals surface area (Å²) >= 11 is 0. The molecule has 2 aromatic rings. The van der Waals surface area contributed by atoms with Crippen molar-refractivity contribution < 1.29 is 17.9 Å². The molecule has 1 amide bonds. The Balaban J connectivity index is 1.86. The largest absolute Gasteiger partial charge is 0.496 e. The Morgan fingerprint density at radius 2 is 1.83 bits per heavy atom. The number of hydrogen-bond acceptors (Lipinski definition) is 4. The van der Waals surface area contributed by atoms with Crippen molar-refractivity contribution in [3.63, 3.8) is 0 Å². The van der Waals surface area contributed by atoms with Crippen LogP contribution in [-0.4, -0.2) is 67.6 Å². The minimum Gasteiger partial charge on any atom is -0.496 e. The van der Waals surface area contributed by atoms with Crippen LogP contribution in [0.4, 0.5) is 0 Å². The van der Waals surface area contributed by atoms with Crippen molar-refractivity contribution in [3.8, 4) is 5.75 Å². The van der Waals surface area contributed by atoms with Gasteiger partial charge in [0.05, 0.1) is 18.9 Å². The van der Waals surface area contributed by atoms with Crippen LogP contribution in [0.15, 0.2) is 24.3 Å². The number of ether oxygens (including phenoxy) is 1. The summed E-state index contributed by atoms with van der Waals surface area (Å²) in [6.07, 6.45) is 1.20. The van der Waals surface area contributed by atoms with Crippen molar-refractivity contribution >= 4 is 26.8 Å². The van der Waals surface area contributed by atoms with Gasteiger partial charge in [-0.25, -0.2) is 8.42 Å². The van der Waals surface area contributed by atoms with Gasteiger partial charge in [-0.05, 0) is 18.2 Å². The predicted octanol–water partition coefficient (Wildman–Crippen LogP) is 0.904. The second-order valence-corrected chi connectivity index (χ2v) is 7.92. The molecule has 1 saturated heterocycles. The number of carbonyl (C=O) groups is 1. The van der Waals surface area contributed by atoms with Crippen LogP contribution in [0, 0.1) is 0 Å². The number of sulfonamides is 1. The third-order valence-corrected chi connectivity index (χ3v) is 5.78. The summed E-state index contributed by atoms with van der Waals surface area (Å²) in [5, 5.41) is 0.889. The van der Waals surface area contributed by atoms with Gasteiger partial charge < -0.3 is 14.2 Å². The average Bonchev–Trinajstić information content (AvgIpc) is 2.90. The zero-order valence-corrected chi connectivity index (χ0v) is 14.8. The van der Waals surface area contributed by atoms with E-state index < -0.39 is 10.0 Å². The highest BCUT2D eigenvalue weighted by atomic mass is 32.2. The first-order chi connectivity index (χ1) is 11.3. The molecule has 1 aromatic heterocycles. The summed E-state index contributed by atoms with van der Waals surface area (Å²) in [4.78, 5) is 14.5. The molecule has 1 aliphatic heterocycles. The lowest BCUT2D eigenvalue weighted by atomic mass is 10.2. The topological polar surface area (TPSA) is 71.8 Å². The molecule has 0 spiro atoms. The minimum atomic E-state index is -3.20. The molecule has 24 heavy (non-hydrogen) atoms. The van der Waals surface area contributed by atoms with E-state index in [-0.39, 0.29) is 5.91 Å². The standard InChI is InChI=1S/C16H21N3O4S/c1-17-13-5-4-6-15(23-2)12(13)11-14(17)16(20)18-7-9-19(10-8-18)24(3,21)22/h4-6,11H,7-10H2,1-3H3. The maximum absolute atomic E-state index is 12.8. The number of benzene rings is 1. The highest BCUT2D eigenvalue weighted by Gasteiger charge is 2.28. The van der Waals surface area contributed by atoms with Crippen LogP contribution in [0.2, 0.25) is 0 Å². The Morgan fingerprint density at radius 3 is 2.42 bits per heavy atom. The number of aromatic nitrogens is 1. The van der Waals surface area contributed by atoms with Gasteiger partial charge in [0, 0.05) is 38.6 Å². The van der Waals surface area contributed by atoms with Gasteiger partial charge in [-0.3, -0.25) is 4.79 Å². The fraction of sp³-hybridized carbons (Fsp3) is 0.438. The Labute approximate surface area is 141 Å². The van der Waals surface area contributed by atoms with Crippen LogP contribution in [-0.2, 0) is 17.1 Å². The summed E-state index contributed by atoms with van der Waals surface area (Å²) in [6, 6.07) is 7.53. The van der Waals surface area contributed by atoms with Crippen LogP contribution in [0.5, 0.6) is 5.75 Å². The summed E-state index contributed by atoms with van der Waals surface area (Å²) in [5.74, 6) is 0.632. The molecule has 0 unspecified atom stereocenters. The number of amides is 1. The Morgan fingerprint density at radius 1 is 1.17 bits per heavy atom. The van der Waals surface area contributed by atoms with Gasteiger partial charge in [0.15, 0.2) is 0 Å². The van der Waals surface area contributed by atoms with E-state index in [0.717, 1.165) is 16.7 Å². The molecule has 7 nitrogen and oxygen atoms in total. The molecule has 0 bridgehead atoms. The summed E-state index contributed by atoms with van der Waals surface area (Å²) in [6.45, 7) is 1.45. The summed E-state index contributed by atoms with van der Waals surface area (Å²) in [5.41, 5.74) is 1.50. The molecule has 0 radical (unpaired) electrons. The van der Waals surface area contributed by atoms with Crippen LogP contribution >= 0.6 is 0 Å². The van der Waals surface area contributed by atoms with Gasteiger partial charge in [0.1, 0.15) is 11.4 Å². The van der Waals surface area contributed by atoms with Crippen molar-refractivity contribution in [1.29, 1.82) is 0 Å². The molecule has 0 saturated carbocycles. The number of hydrogen-bond donors (Lipinski definition) is 0. The first-order valence-electron chi connectivity index (χ1n) is 7.69. The van der Waals surface area contributed by atoms with E-state index in [1.165, 1.54) is 10.6 Å². The van der Waals surface area contributed by atoms with E-state index in [0.29, 0.717) is 31.9 Å². The van der Waals surface area contributed by atoms with Gasteiger partial charge in [0.25, 0.3) is 5.91 Å². The molecule has 8 heteroatoms. The van der Waals surface area contributed by atoms with Crippen molar-refractivity contribution in [2.75, 3.05) is 39.5 Å². The van der Waals surface area contributed by atoms with Crippen LogP contribution in [0.3, 0.4) is 0 Å². The molecule has 0 atom stereocenters. The fourth-order valence-corrected chi connectivity index (χ4v) is 3.93. The highest BCUT2D eigenvalue weighted by molar-refractivity contribution is 7.88. The molecule has 1 aliphatic rings. The molecule has 1 fully saturated rings. The summed E-state index contributed by atoms with van der Waals surface area (Å²) in [7, 11) is 0.250. The smallest absolute Gasteiger partial charge is 0.270 e. The van der Waals surface area contributed by atoms with Gasteiger partial charge in [0.2, 0.25) is 10.0 Å². The number of nitrogens with zero attached hydrogens (tertiary/aromatic N) is 3. The third-order valence-electron chi connectivity index (χ3n) is 4.48. The number of rotatable bonds is 3. The molecule has 0 aliphatic carbocycles. The normalized spacial score (nSPS) is 16.5. The van der Waals surface area contributed by atoms with Crippen molar-refractivity contribution in [2.45, 2.75) is 0 Å². The van der Waals surface area contributed by atoms with Crippen molar-refractivity contribution in [3.05, 3.63) is 30.0 Å². The quantitative estimate of drug-likeness (QED) is 0.824. The second-order valence-electron chi connectivity index (χ2n) is 5.94. The van der Waals surface area contributed by atoms with E-state index in [1.807, 2.05) is 35.9 Å². The third kappa shape index (κ3) is 2.87. The van der Waals surface area contributed by atoms with Gasteiger partial charge in [-0.1, -0.05) is 6.07 Å². The lowest BCUT2D eigenvalue weighted by molar-refractivity contribution is 0.0689. The number of methoxy groups -OCH3 is 1. The zero-order chi connectivity index (χ0) is 17.5. The number of aryl methyl sites for hydroxylation is 1. The van der Waals surface area contributed by atoms with Crippen molar-refractivity contribution in [2.24, 2.45) is 7.05 Å².